The van der Waals surface area contributed by atoms with Gasteiger partial charge in [0.05, 0.1) is 5.60 Å². The second kappa shape index (κ2) is 7.08. The molecule has 6 nitrogen and oxygen atoms in total. The molecule has 4 rings (SSSR count). The second-order valence-corrected chi connectivity index (χ2v) is 8.88. The molecule has 0 spiro atoms. The Kier molecular flexibility index (Phi) is 4.88. The smallest absolute Gasteiger partial charge is 0.319 e. The number of aromatic amines is 1. The van der Waals surface area contributed by atoms with Crippen LogP contribution >= 0.6 is 0 Å². The van der Waals surface area contributed by atoms with E-state index in [1.54, 1.807) is 19.0 Å². The topological polar surface area (TPSA) is 62.8 Å². The molecule has 0 unspecified atom stereocenters. The van der Waals surface area contributed by atoms with Crippen LogP contribution in [-0.2, 0) is 6.54 Å². The van der Waals surface area contributed by atoms with Crippen molar-refractivity contribution in [1.29, 1.82) is 0 Å². The predicted molar refractivity (Wildman–Crippen MR) is 111 cm³/mol. The number of piperidine rings is 2. The number of likely N-dealkylation sites (tertiary alicyclic amines) is 2. The molecule has 0 aliphatic carbocycles. The minimum atomic E-state index is -0.633. The summed E-state index contributed by atoms with van der Waals surface area (Å²) in [5.41, 5.74) is 4.43. The van der Waals surface area contributed by atoms with E-state index in [0.29, 0.717) is 19.5 Å². The van der Waals surface area contributed by atoms with Gasteiger partial charge in [-0.05, 0) is 37.8 Å². The van der Waals surface area contributed by atoms with Gasteiger partial charge in [0.15, 0.2) is 0 Å². The van der Waals surface area contributed by atoms with Crippen LogP contribution in [0.3, 0.4) is 0 Å². The zero-order valence-electron chi connectivity index (χ0n) is 17.5. The molecule has 2 N–H and O–H groups in total. The van der Waals surface area contributed by atoms with Crippen molar-refractivity contribution in [2.45, 2.75) is 38.8 Å². The lowest BCUT2D eigenvalue weighted by molar-refractivity contribution is -0.108. The van der Waals surface area contributed by atoms with Crippen LogP contribution in [0.2, 0.25) is 0 Å². The Hall–Kier alpha value is -2.05. The largest absolute Gasteiger partial charge is 0.389 e. The number of nitrogens with one attached hydrogen (secondary N) is 1. The number of benzene rings is 1. The average Bonchev–Trinajstić information content (AvgIpc) is 2.98. The summed E-state index contributed by atoms with van der Waals surface area (Å²) >= 11 is 0. The Morgan fingerprint density at radius 1 is 1.25 bits per heavy atom. The first-order valence-electron chi connectivity index (χ1n) is 10.3. The molecule has 1 aromatic carbocycles. The van der Waals surface area contributed by atoms with E-state index in [4.69, 9.17) is 0 Å². The number of H-pyrrole nitrogens is 1. The summed E-state index contributed by atoms with van der Waals surface area (Å²) in [4.78, 5) is 21.9. The Bertz CT molecular complexity index is 890. The summed E-state index contributed by atoms with van der Waals surface area (Å²) in [6.07, 6.45) is 1.45. The molecule has 2 aliphatic heterocycles. The number of para-hydroxylation sites is 1. The zero-order valence-corrected chi connectivity index (χ0v) is 17.5. The van der Waals surface area contributed by atoms with Crippen LogP contribution in [0.5, 0.6) is 0 Å². The maximum Gasteiger partial charge on any atom is 0.319 e. The molecule has 0 saturated carbocycles. The van der Waals surface area contributed by atoms with Crippen molar-refractivity contribution in [2.75, 3.05) is 40.3 Å². The molecule has 3 heterocycles. The van der Waals surface area contributed by atoms with E-state index < -0.39 is 5.60 Å². The molecular weight excluding hydrogens is 352 g/mol. The van der Waals surface area contributed by atoms with Gasteiger partial charge in [0.1, 0.15) is 0 Å². The number of amides is 2. The van der Waals surface area contributed by atoms with E-state index in [9.17, 15) is 9.90 Å². The number of carbonyl (C=O) groups excluding carboxylic acids is 1. The number of aliphatic hydroxyl groups is 1. The fraction of sp³-hybridized carbons (Fsp3) is 0.591. The number of aryl methyl sites for hydroxylation is 2. The lowest BCUT2D eigenvalue weighted by Gasteiger charge is -2.50. The highest BCUT2D eigenvalue weighted by atomic mass is 16.3. The number of nitrogens with zero attached hydrogens (tertiary/aromatic N) is 3. The van der Waals surface area contributed by atoms with E-state index >= 15 is 0 Å². The Morgan fingerprint density at radius 2 is 2.00 bits per heavy atom. The lowest BCUT2D eigenvalue weighted by atomic mass is 9.75. The third-order valence-electron chi connectivity index (χ3n) is 6.80. The summed E-state index contributed by atoms with van der Waals surface area (Å²) in [7, 11) is 3.58. The van der Waals surface area contributed by atoms with Crippen molar-refractivity contribution in [3.8, 4) is 0 Å². The molecule has 1 aromatic heterocycles. The first-order chi connectivity index (χ1) is 13.3. The summed E-state index contributed by atoms with van der Waals surface area (Å²) in [5, 5.41) is 12.4. The summed E-state index contributed by atoms with van der Waals surface area (Å²) in [6, 6.07) is 6.47. The standard InChI is InChI=1S/C22H32N4O2/c1-15-6-5-7-18-16(2)19(23-20(15)18)14-25-10-8-22(28)9-11-26(13-17(22)12-25)21(27)24(3)4/h5-7,17,23,28H,8-14H2,1-4H3/t17-,22-/m1/s1. The monoisotopic (exact) mass is 384 g/mol. The summed E-state index contributed by atoms with van der Waals surface area (Å²) in [6.45, 7) is 8.17. The molecule has 152 valence electrons. The summed E-state index contributed by atoms with van der Waals surface area (Å²) in [5.74, 6) is 0.102. The van der Waals surface area contributed by atoms with Crippen molar-refractivity contribution in [3.63, 3.8) is 0 Å². The highest BCUT2D eigenvalue weighted by Crippen LogP contribution is 2.36. The molecule has 2 atom stereocenters. The molecule has 0 bridgehead atoms. The minimum absolute atomic E-state index is 0.0427. The number of urea groups is 1. The molecular formula is C22H32N4O2. The van der Waals surface area contributed by atoms with Crippen LogP contribution in [-0.4, -0.2) is 76.7 Å². The molecule has 2 amide bonds. The zero-order chi connectivity index (χ0) is 20.1. The van der Waals surface area contributed by atoms with Crippen LogP contribution in [0.4, 0.5) is 4.79 Å². The van der Waals surface area contributed by atoms with Crippen molar-refractivity contribution < 1.29 is 9.90 Å². The second-order valence-electron chi connectivity index (χ2n) is 8.88. The van der Waals surface area contributed by atoms with Crippen molar-refractivity contribution in [2.24, 2.45) is 5.92 Å². The van der Waals surface area contributed by atoms with Gasteiger partial charge >= 0.3 is 6.03 Å². The Morgan fingerprint density at radius 3 is 2.71 bits per heavy atom. The van der Waals surface area contributed by atoms with Gasteiger partial charge in [-0.2, -0.15) is 0 Å². The molecule has 2 aliphatic rings. The van der Waals surface area contributed by atoms with Crippen molar-refractivity contribution in [1.82, 2.24) is 19.7 Å². The number of carbonyl (C=O) groups is 1. The van der Waals surface area contributed by atoms with Crippen LogP contribution < -0.4 is 0 Å². The van der Waals surface area contributed by atoms with Crippen LogP contribution in [0.15, 0.2) is 18.2 Å². The number of aromatic nitrogens is 1. The normalized spacial score (nSPS) is 25.8. The first kappa shape index (κ1) is 19.3. The van der Waals surface area contributed by atoms with Gasteiger partial charge in [-0.1, -0.05) is 18.2 Å². The third-order valence-corrected chi connectivity index (χ3v) is 6.80. The molecule has 28 heavy (non-hydrogen) atoms. The SMILES string of the molecule is Cc1c(CN2CC[C@@]3(O)CCN(C(=O)N(C)C)C[C@H]3C2)[nH]c2c(C)cccc12. The fourth-order valence-electron chi connectivity index (χ4n) is 4.91. The van der Waals surface area contributed by atoms with E-state index in [1.807, 2.05) is 4.90 Å². The van der Waals surface area contributed by atoms with Gasteiger partial charge in [0.25, 0.3) is 0 Å². The van der Waals surface area contributed by atoms with E-state index in [1.165, 1.54) is 27.7 Å². The highest BCUT2D eigenvalue weighted by Gasteiger charge is 2.46. The molecule has 2 saturated heterocycles. The van der Waals surface area contributed by atoms with Crippen LogP contribution in [0.1, 0.15) is 29.7 Å². The first-order valence-corrected chi connectivity index (χ1v) is 10.3. The highest BCUT2D eigenvalue weighted by molar-refractivity contribution is 5.86. The Balaban J connectivity index is 1.50. The average molecular weight is 385 g/mol. The Labute approximate surface area is 167 Å². The van der Waals surface area contributed by atoms with Crippen molar-refractivity contribution in [3.05, 3.63) is 35.0 Å². The maximum absolute atomic E-state index is 12.4. The maximum atomic E-state index is 12.4. The number of fused-ring (bicyclic) bond motifs is 2. The van der Waals surface area contributed by atoms with Crippen LogP contribution in [0.25, 0.3) is 10.9 Å². The van der Waals surface area contributed by atoms with Gasteiger partial charge in [-0.3, -0.25) is 4.90 Å². The van der Waals surface area contributed by atoms with Gasteiger partial charge in [-0.25, -0.2) is 4.79 Å². The predicted octanol–water partition coefficient (Wildman–Crippen LogP) is 2.73. The lowest BCUT2D eigenvalue weighted by Crippen LogP contribution is -2.61. The van der Waals surface area contributed by atoms with E-state index in [-0.39, 0.29) is 11.9 Å². The number of rotatable bonds is 2. The quantitative estimate of drug-likeness (QED) is 0.837. The van der Waals surface area contributed by atoms with Gasteiger partial charge in [0.2, 0.25) is 0 Å². The van der Waals surface area contributed by atoms with Gasteiger partial charge in [-0.15, -0.1) is 0 Å². The third kappa shape index (κ3) is 3.29. The molecule has 2 aromatic rings. The molecule has 2 fully saturated rings. The minimum Gasteiger partial charge on any atom is -0.389 e. The van der Waals surface area contributed by atoms with Crippen molar-refractivity contribution >= 4 is 16.9 Å². The van der Waals surface area contributed by atoms with E-state index in [2.05, 4.69) is 41.9 Å². The van der Waals surface area contributed by atoms with Gasteiger partial charge in [0, 0.05) is 69.3 Å². The molecule has 0 radical (unpaired) electrons. The van der Waals surface area contributed by atoms with Crippen LogP contribution in [0, 0.1) is 19.8 Å². The van der Waals surface area contributed by atoms with Gasteiger partial charge < -0.3 is 19.9 Å². The number of hydrogen-bond acceptors (Lipinski definition) is 3. The number of hydrogen-bond donors (Lipinski definition) is 2. The summed E-state index contributed by atoms with van der Waals surface area (Å²) < 4.78 is 0. The fourth-order valence-corrected chi connectivity index (χ4v) is 4.91. The van der Waals surface area contributed by atoms with E-state index in [0.717, 1.165) is 26.1 Å². The molecule has 6 heteroatoms.